The maximum Gasteiger partial charge on any atom is 0.236 e. The fraction of sp³-hybridized carbons (Fsp3) is 0.562. The molecular weight excluding hydrogens is 296 g/mol. The molecule has 6 heteroatoms. The number of carbonyl (C=O) groups excluding carboxylic acids is 1. The second-order valence-corrected chi connectivity index (χ2v) is 7.13. The molecule has 1 atom stereocenters. The normalized spacial score (nSPS) is 17.8. The van der Waals surface area contributed by atoms with Crippen molar-refractivity contribution in [2.45, 2.75) is 43.5 Å². The quantitative estimate of drug-likeness (QED) is 0.880. The summed E-state index contributed by atoms with van der Waals surface area (Å²) in [5, 5.41) is 0.702. The minimum Gasteiger partial charge on any atom is -0.342 e. The van der Waals surface area contributed by atoms with Gasteiger partial charge in [-0.25, -0.2) is 9.97 Å². The maximum absolute atomic E-state index is 12.7. The largest absolute Gasteiger partial charge is 0.342 e. The molecule has 1 fully saturated rings. The van der Waals surface area contributed by atoms with Crippen LogP contribution in [0.15, 0.2) is 23.5 Å². The van der Waals surface area contributed by atoms with Crippen molar-refractivity contribution in [1.82, 2.24) is 19.9 Å². The Bertz CT molecular complexity index is 615. The molecule has 0 saturated carbocycles. The van der Waals surface area contributed by atoms with E-state index in [0.717, 1.165) is 48.9 Å². The molecule has 0 radical (unpaired) electrons. The van der Waals surface area contributed by atoms with Crippen LogP contribution in [-0.4, -0.2) is 44.1 Å². The van der Waals surface area contributed by atoms with Gasteiger partial charge >= 0.3 is 0 Å². The number of likely N-dealkylation sites (tertiary alicyclic amines) is 1. The van der Waals surface area contributed by atoms with Gasteiger partial charge in [-0.3, -0.25) is 4.79 Å². The highest BCUT2D eigenvalue weighted by Gasteiger charge is 2.27. The summed E-state index contributed by atoms with van der Waals surface area (Å²) >= 11 is 1.52. The number of rotatable bonds is 4. The first-order chi connectivity index (χ1) is 10.7. The molecule has 1 N–H and O–H groups in total. The molecule has 1 saturated heterocycles. The first kappa shape index (κ1) is 15.3. The van der Waals surface area contributed by atoms with Crippen molar-refractivity contribution in [3.05, 3.63) is 18.3 Å². The lowest BCUT2D eigenvalue weighted by molar-refractivity contribution is -0.131. The van der Waals surface area contributed by atoms with Crippen LogP contribution in [0, 0.1) is 5.92 Å². The molecule has 0 bridgehead atoms. The van der Waals surface area contributed by atoms with E-state index in [0.29, 0.717) is 5.65 Å². The summed E-state index contributed by atoms with van der Waals surface area (Å²) in [6.07, 6.45) is 4.76. The number of aromatic nitrogens is 3. The third-order valence-electron chi connectivity index (χ3n) is 4.23. The SMILES string of the molecule is CC[C@H](Sc1nc2ncccc2[nH]1)C(=O)N1CCC(C)CC1. The van der Waals surface area contributed by atoms with Crippen molar-refractivity contribution in [2.24, 2.45) is 5.92 Å². The number of nitrogens with zero attached hydrogens (tertiary/aromatic N) is 3. The van der Waals surface area contributed by atoms with Gasteiger partial charge in [0.25, 0.3) is 0 Å². The molecule has 22 heavy (non-hydrogen) atoms. The second kappa shape index (κ2) is 6.69. The van der Waals surface area contributed by atoms with E-state index < -0.39 is 0 Å². The summed E-state index contributed by atoms with van der Waals surface area (Å²) in [5.74, 6) is 0.978. The average molecular weight is 318 g/mol. The van der Waals surface area contributed by atoms with Gasteiger partial charge in [-0.15, -0.1) is 0 Å². The van der Waals surface area contributed by atoms with Crippen LogP contribution < -0.4 is 0 Å². The minimum absolute atomic E-state index is 0.0750. The highest BCUT2D eigenvalue weighted by Crippen LogP contribution is 2.27. The Morgan fingerprint density at radius 1 is 1.50 bits per heavy atom. The molecule has 2 aromatic rings. The number of aromatic amines is 1. The van der Waals surface area contributed by atoms with E-state index in [1.165, 1.54) is 11.8 Å². The fourth-order valence-corrected chi connectivity index (χ4v) is 3.75. The first-order valence-electron chi connectivity index (χ1n) is 7.93. The number of hydrogen-bond acceptors (Lipinski definition) is 4. The van der Waals surface area contributed by atoms with Gasteiger partial charge in [0.2, 0.25) is 5.91 Å². The number of carbonyl (C=O) groups is 1. The smallest absolute Gasteiger partial charge is 0.236 e. The Kier molecular flexibility index (Phi) is 4.66. The van der Waals surface area contributed by atoms with Gasteiger partial charge in [0.1, 0.15) is 0 Å². The highest BCUT2D eigenvalue weighted by molar-refractivity contribution is 8.00. The molecule has 5 nitrogen and oxygen atoms in total. The van der Waals surface area contributed by atoms with E-state index >= 15 is 0 Å². The molecule has 118 valence electrons. The van der Waals surface area contributed by atoms with Crippen molar-refractivity contribution in [1.29, 1.82) is 0 Å². The molecule has 3 heterocycles. The number of amides is 1. The van der Waals surface area contributed by atoms with Crippen molar-refractivity contribution in [3.63, 3.8) is 0 Å². The Morgan fingerprint density at radius 3 is 2.95 bits per heavy atom. The number of H-pyrrole nitrogens is 1. The van der Waals surface area contributed by atoms with Gasteiger partial charge in [0.15, 0.2) is 10.8 Å². The Balaban J connectivity index is 1.69. The Labute approximate surface area is 134 Å². The topological polar surface area (TPSA) is 61.9 Å². The molecule has 1 amide bonds. The number of thioether (sulfide) groups is 1. The van der Waals surface area contributed by atoms with E-state index in [4.69, 9.17) is 0 Å². The predicted molar refractivity (Wildman–Crippen MR) is 88.8 cm³/mol. The standard InChI is InChI=1S/C16H22N4OS/c1-3-13(15(21)20-9-6-11(2)7-10-20)22-16-18-12-5-4-8-17-14(12)19-16/h4-5,8,11,13H,3,6-7,9-10H2,1-2H3,(H,17,18,19)/t13-/m0/s1. The van der Waals surface area contributed by atoms with Crippen LogP contribution >= 0.6 is 11.8 Å². The predicted octanol–water partition coefficient (Wildman–Crippen LogP) is 3.09. The van der Waals surface area contributed by atoms with Crippen LogP contribution in [0.5, 0.6) is 0 Å². The van der Waals surface area contributed by atoms with Gasteiger partial charge in [0, 0.05) is 19.3 Å². The zero-order valence-electron chi connectivity index (χ0n) is 13.1. The molecular formula is C16H22N4OS. The van der Waals surface area contributed by atoms with Gasteiger partial charge < -0.3 is 9.88 Å². The lowest BCUT2D eigenvalue weighted by atomic mass is 9.99. The summed E-state index contributed by atoms with van der Waals surface area (Å²) in [4.78, 5) is 26.7. The number of pyridine rings is 1. The van der Waals surface area contributed by atoms with Gasteiger partial charge in [-0.2, -0.15) is 0 Å². The van der Waals surface area contributed by atoms with Gasteiger partial charge in [-0.1, -0.05) is 25.6 Å². The Morgan fingerprint density at radius 2 is 2.27 bits per heavy atom. The summed E-state index contributed by atoms with van der Waals surface area (Å²) in [6.45, 7) is 6.09. The number of imidazole rings is 1. The van der Waals surface area contributed by atoms with Crippen LogP contribution in [-0.2, 0) is 4.79 Å². The third-order valence-corrected chi connectivity index (χ3v) is 5.47. The van der Waals surface area contributed by atoms with E-state index in [9.17, 15) is 4.79 Å². The number of piperidine rings is 1. The molecule has 0 aliphatic carbocycles. The molecule has 1 aliphatic heterocycles. The summed E-state index contributed by atoms with van der Waals surface area (Å²) in [6, 6.07) is 3.83. The second-order valence-electron chi connectivity index (χ2n) is 5.94. The van der Waals surface area contributed by atoms with E-state index in [1.54, 1.807) is 6.20 Å². The van der Waals surface area contributed by atoms with E-state index in [-0.39, 0.29) is 11.2 Å². The lowest BCUT2D eigenvalue weighted by Gasteiger charge is -2.32. The summed E-state index contributed by atoms with van der Waals surface area (Å²) in [7, 11) is 0. The minimum atomic E-state index is -0.0750. The Hall–Kier alpha value is -1.56. The summed E-state index contributed by atoms with van der Waals surface area (Å²) < 4.78 is 0. The van der Waals surface area contributed by atoms with Gasteiger partial charge in [-0.05, 0) is 37.3 Å². The van der Waals surface area contributed by atoms with E-state index in [1.807, 2.05) is 17.0 Å². The first-order valence-corrected chi connectivity index (χ1v) is 8.81. The molecule has 1 aliphatic rings. The van der Waals surface area contributed by atoms with Crippen LogP contribution in [0.4, 0.5) is 0 Å². The molecule has 2 aromatic heterocycles. The van der Waals surface area contributed by atoms with Crippen molar-refractivity contribution < 1.29 is 4.79 Å². The molecule has 0 aromatic carbocycles. The summed E-state index contributed by atoms with van der Waals surface area (Å²) in [5.41, 5.74) is 1.62. The molecule has 0 spiro atoms. The lowest BCUT2D eigenvalue weighted by Crippen LogP contribution is -2.42. The van der Waals surface area contributed by atoms with Gasteiger partial charge in [0.05, 0.1) is 10.8 Å². The zero-order valence-corrected chi connectivity index (χ0v) is 13.9. The van der Waals surface area contributed by atoms with Crippen LogP contribution in [0.2, 0.25) is 0 Å². The van der Waals surface area contributed by atoms with Crippen LogP contribution in [0.1, 0.15) is 33.1 Å². The molecule has 3 rings (SSSR count). The van der Waals surface area contributed by atoms with E-state index in [2.05, 4.69) is 28.8 Å². The van der Waals surface area contributed by atoms with Crippen LogP contribution in [0.25, 0.3) is 11.2 Å². The van der Waals surface area contributed by atoms with Crippen LogP contribution in [0.3, 0.4) is 0 Å². The third kappa shape index (κ3) is 3.27. The fourth-order valence-electron chi connectivity index (χ4n) is 2.75. The highest BCUT2D eigenvalue weighted by atomic mass is 32.2. The van der Waals surface area contributed by atoms with Crippen molar-refractivity contribution in [3.8, 4) is 0 Å². The number of fused-ring (bicyclic) bond motifs is 1. The van der Waals surface area contributed by atoms with Crippen molar-refractivity contribution >= 4 is 28.8 Å². The molecule has 0 unspecified atom stereocenters. The number of hydrogen-bond donors (Lipinski definition) is 1. The van der Waals surface area contributed by atoms with Crippen molar-refractivity contribution in [2.75, 3.05) is 13.1 Å². The number of nitrogens with one attached hydrogen (secondary N) is 1. The monoisotopic (exact) mass is 318 g/mol. The zero-order chi connectivity index (χ0) is 15.5. The average Bonchev–Trinajstić information content (AvgIpc) is 2.95. The maximum atomic E-state index is 12.7.